The Labute approximate surface area is 158 Å². The zero-order chi connectivity index (χ0) is 18.6. The molecule has 26 heavy (non-hydrogen) atoms. The van der Waals surface area contributed by atoms with Crippen LogP contribution in [0, 0.1) is 17.8 Å². The molecule has 0 amide bonds. The lowest BCUT2D eigenvalue weighted by atomic mass is 9.91. The fourth-order valence-electron chi connectivity index (χ4n) is 4.07. The quantitative estimate of drug-likeness (QED) is 0.646. The molecule has 4 nitrogen and oxygen atoms in total. The number of likely N-dealkylation sites (tertiary alicyclic amines) is 1. The molecule has 0 aromatic heterocycles. The third-order valence-electron chi connectivity index (χ3n) is 5.55. The molecular weight excluding hydrogens is 326 g/mol. The van der Waals surface area contributed by atoms with Gasteiger partial charge in [0.2, 0.25) is 6.41 Å². The standard InChI is InChI=1S/C22H35NO3/c1-22(2,3)26-21(24-4)23-12-10-18(11-13-23)20-14-19(20)16-25-15-17-8-6-5-7-9-17/h5-9,18-21H,10-16H2,1-4H3. The summed E-state index contributed by atoms with van der Waals surface area (Å²) in [6.45, 7) is 10.0. The summed E-state index contributed by atoms with van der Waals surface area (Å²) in [5.41, 5.74) is 1.08. The fourth-order valence-corrected chi connectivity index (χ4v) is 4.07. The average molecular weight is 362 g/mol. The van der Waals surface area contributed by atoms with Gasteiger partial charge >= 0.3 is 0 Å². The molecule has 1 saturated carbocycles. The zero-order valence-electron chi connectivity index (χ0n) is 16.8. The molecule has 0 bridgehead atoms. The summed E-state index contributed by atoms with van der Waals surface area (Å²) < 4.78 is 17.6. The van der Waals surface area contributed by atoms with Gasteiger partial charge in [-0.2, -0.15) is 0 Å². The molecule has 0 spiro atoms. The minimum atomic E-state index is -0.222. The SMILES string of the molecule is COC(OC(C)(C)C)N1CCC(C2CC2COCc2ccccc2)CC1. The summed E-state index contributed by atoms with van der Waals surface area (Å²) >= 11 is 0. The van der Waals surface area contributed by atoms with Crippen LogP contribution in [0.3, 0.4) is 0 Å². The van der Waals surface area contributed by atoms with Crippen LogP contribution < -0.4 is 0 Å². The van der Waals surface area contributed by atoms with Crippen LogP contribution >= 0.6 is 0 Å². The Morgan fingerprint density at radius 3 is 2.42 bits per heavy atom. The molecule has 3 atom stereocenters. The van der Waals surface area contributed by atoms with E-state index < -0.39 is 0 Å². The van der Waals surface area contributed by atoms with Gasteiger partial charge in [0.15, 0.2) is 0 Å². The van der Waals surface area contributed by atoms with Crippen LogP contribution in [0.25, 0.3) is 0 Å². The van der Waals surface area contributed by atoms with Gasteiger partial charge in [-0.25, -0.2) is 0 Å². The molecule has 0 N–H and O–H groups in total. The smallest absolute Gasteiger partial charge is 0.218 e. The first-order chi connectivity index (χ1) is 12.5. The molecule has 0 radical (unpaired) electrons. The second-order valence-corrected chi connectivity index (χ2v) is 8.81. The van der Waals surface area contributed by atoms with Gasteiger partial charge < -0.3 is 14.2 Å². The van der Waals surface area contributed by atoms with Crippen LogP contribution in [0.4, 0.5) is 0 Å². The van der Waals surface area contributed by atoms with Gasteiger partial charge in [-0.05, 0) is 63.4 Å². The van der Waals surface area contributed by atoms with Crippen molar-refractivity contribution in [1.82, 2.24) is 4.90 Å². The predicted octanol–water partition coefficient (Wildman–Crippen LogP) is 4.30. The first-order valence-electron chi connectivity index (χ1n) is 10.0. The van der Waals surface area contributed by atoms with Crippen LogP contribution in [-0.2, 0) is 20.8 Å². The van der Waals surface area contributed by atoms with E-state index in [2.05, 4.69) is 49.9 Å². The Bertz CT molecular complexity index is 534. The van der Waals surface area contributed by atoms with Crippen LogP contribution in [0.2, 0.25) is 0 Å². The van der Waals surface area contributed by atoms with Gasteiger partial charge in [0.1, 0.15) is 0 Å². The van der Waals surface area contributed by atoms with Crippen molar-refractivity contribution in [2.75, 3.05) is 26.8 Å². The fraction of sp³-hybridized carbons (Fsp3) is 0.727. The molecule has 2 aliphatic rings. The normalized spacial score (nSPS) is 26.0. The zero-order valence-corrected chi connectivity index (χ0v) is 16.8. The number of ether oxygens (including phenoxy) is 3. The van der Waals surface area contributed by atoms with Crippen molar-refractivity contribution in [3.63, 3.8) is 0 Å². The van der Waals surface area contributed by atoms with Crippen molar-refractivity contribution in [2.24, 2.45) is 17.8 Å². The number of nitrogens with zero attached hydrogens (tertiary/aromatic N) is 1. The number of methoxy groups -OCH3 is 1. The third-order valence-corrected chi connectivity index (χ3v) is 5.55. The number of hydrogen-bond donors (Lipinski definition) is 0. The molecule has 1 saturated heterocycles. The van der Waals surface area contributed by atoms with E-state index >= 15 is 0 Å². The minimum Gasteiger partial charge on any atom is -0.376 e. The van der Waals surface area contributed by atoms with Crippen molar-refractivity contribution in [3.05, 3.63) is 35.9 Å². The molecule has 146 valence electrons. The monoisotopic (exact) mass is 361 g/mol. The summed E-state index contributed by atoms with van der Waals surface area (Å²) in [7, 11) is 1.74. The highest BCUT2D eigenvalue weighted by Crippen LogP contribution is 2.48. The summed E-state index contributed by atoms with van der Waals surface area (Å²) in [4.78, 5) is 2.34. The van der Waals surface area contributed by atoms with Crippen molar-refractivity contribution >= 4 is 0 Å². The topological polar surface area (TPSA) is 30.9 Å². The maximum Gasteiger partial charge on any atom is 0.218 e. The Hall–Kier alpha value is -0.940. The molecular formula is C22H35NO3. The maximum absolute atomic E-state index is 6.04. The lowest BCUT2D eigenvalue weighted by Crippen LogP contribution is -2.47. The maximum atomic E-state index is 6.04. The van der Waals surface area contributed by atoms with Crippen molar-refractivity contribution in [1.29, 1.82) is 0 Å². The summed E-state index contributed by atoms with van der Waals surface area (Å²) in [6.07, 6.45) is 3.60. The van der Waals surface area contributed by atoms with E-state index in [9.17, 15) is 0 Å². The van der Waals surface area contributed by atoms with Crippen LogP contribution in [0.1, 0.15) is 45.6 Å². The molecule has 2 fully saturated rings. The first-order valence-corrected chi connectivity index (χ1v) is 10.0. The Morgan fingerprint density at radius 2 is 1.81 bits per heavy atom. The molecule has 1 aliphatic carbocycles. The second-order valence-electron chi connectivity index (χ2n) is 8.81. The van der Waals surface area contributed by atoms with E-state index in [0.717, 1.165) is 44.1 Å². The lowest BCUT2D eigenvalue weighted by molar-refractivity contribution is -0.257. The number of rotatable bonds is 8. The second kappa shape index (κ2) is 8.83. The van der Waals surface area contributed by atoms with E-state index in [-0.39, 0.29) is 12.0 Å². The molecule has 3 rings (SSSR count). The largest absolute Gasteiger partial charge is 0.376 e. The Balaban J connectivity index is 1.35. The van der Waals surface area contributed by atoms with E-state index in [0.29, 0.717) is 0 Å². The van der Waals surface area contributed by atoms with Crippen LogP contribution in [0.15, 0.2) is 30.3 Å². The van der Waals surface area contributed by atoms with Gasteiger partial charge in [0.05, 0.1) is 18.8 Å². The van der Waals surface area contributed by atoms with Gasteiger partial charge in [-0.15, -0.1) is 0 Å². The molecule has 4 heteroatoms. The van der Waals surface area contributed by atoms with Crippen molar-refractivity contribution < 1.29 is 14.2 Å². The highest BCUT2D eigenvalue weighted by molar-refractivity contribution is 5.13. The summed E-state index contributed by atoms with van der Waals surface area (Å²) in [5, 5.41) is 0. The predicted molar refractivity (Wildman–Crippen MR) is 104 cm³/mol. The Morgan fingerprint density at radius 1 is 1.12 bits per heavy atom. The van der Waals surface area contributed by atoms with Gasteiger partial charge in [-0.3, -0.25) is 4.90 Å². The van der Waals surface area contributed by atoms with Gasteiger partial charge in [0.25, 0.3) is 0 Å². The third kappa shape index (κ3) is 5.78. The number of benzene rings is 1. The molecule has 1 aliphatic heterocycles. The van der Waals surface area contributed by atoms with E-state index in [1.807, 2.05) is 6.07 Å². The van der Waals surface area contributed by atoms with Crippen molar-refractivity contribution in [3.8, 4) is 0 Å². The van der Waals surface area contributed by atoms with Gasteiger partial charge in [0, 0.05) is 20.2 Å². The van der Waals surface area contributed by atoms with Gasteiger partial charge in [-0.1, -0.05) is 30.3 Å². The average Bonchev–Trinajstić information content (AvgIpc) is 3.40. The lowest BCUT2D eigenvalue weighted by Gasteiger charge is -2.39. The highest BCUT2D eigenvalue weighted by Gasteiger charge is 2.44. The Kier molecular flexibility index (Phi) is 6.73. The highest BCUT2D eigenvalue weighted by atomic mass is 16.7. The van der Waals surface area contributed by atoms with Crippen LogP contribution in [-0.4, -0.2) is 43.7 Å². The van der Waals surface area contributed by atoms with E-state index in [4.69, 9.17) is 14.2 Å². The molecule has 1 heterocycles. The minimum absolute atomic E-state index is 0.185. The molecule has 1 aromatic rings. The molecule has 3 unspecified atom stereocenters. The van der Waals surface area contributed by atoms with E-state index in [1.165, 1.54) is 24.8 Å². The summed E-state index contributed by atoms with van der Waals surface area (Å²) in [6, 6.07) is 10.5. The van der Waals surface area contributed by atoms with Crippen molar-refractivity contribution in [2.45, 2.75) is 58.7 Å². The van der Waals surface area contributed by atoms with Crippen LogP contribution in [0.5, 0.6) is 0 Å². The summed E-state index contributed by atoms with van der Waals surface area (Å²) in [5.74, 6) is 2.46. The molecule has 1 aromatic carbocycles. The van der Waals surface area contributed by atoms with E-state index in [1.54, 1.807) is 7.11 Å². The number of hydrogen-bond acceptors (Lipinski definition) is 4. The number of piperidine rings is 1. The first kappa shape index (κ1) is 19.8.